The van der Waals surface area contributed by atoms with Gasteiger partial charge in [0.1, 0.15) is 6.61 Å². The van der Waals surface area contributed by atoms with Crippen LogP contribution in [0.25, 0.3) is 0 Å². The quantitative estimate of drug-likeness (QED) is 0.718. The molecule has 2 heterocycles. The molecular weight excluding hydrogens is 312 g/mol. The number of carbonyl (C=O) groups excluding carboxylic acids is 3. The van der Waals surface area contributed by atoms with Crippen LogP contribution in [0.4, 0.5) is 4.79 Å². The normalized spacial score (nSPS) is 23.8. The Labute approximate surface area is 143 Å². The summed E-state index contributed by atoms with van der Waals surface area (Å²) >= 11 is 0. The summed E-state index contributed by atoms with van der Waals surface area (Å²) in [6.07, 6.45) is 0.461. The highest BCUT2D eigenvalue weighted by Crippen LogP contribution is 2.45. The Morgan fingerprint density at radius 3 is 2.29 bits per heavy atom. The molecule has 4 amide bonds. The molecule has 1 atom stereocenters. The Kier molecular flexibility index (Phi) is 5.82. The molecule has 0 radical (unpaired) electrons. The zero-order valence-corrected chi connectivity index (χ0v) is 15.0. The SMILES string of the molecule is CCC1(CC)C(=O)N(C(=O)NC)C1OCC(=O)N1CCN(C)CC1. The van der Waals surface area contributed by atoms with Gasteiger partial charge in [0.25, 0.3) is 0 Å². The largest absolute Gasteiger partial charge is 0.347 e. The molecule has 0 aromatic heterocycles. The van der Waals surface area contributed by atoms with E-state index in [4.69, 9.17) is 4.74 Å². The van der Waals surface area contributed by atoms with E-state index in [1.165, 1.54) is 7.05 Å². The van der Waals surface area contributed by atoms with Crippen molar-refractivity contribution in [3.8, 4) is 0 Å². The van der Waals surface area contributed by atoms with Crippen LogP contribution in [0.15, 0.2) is 0 Å². The summed E-state index contributed by atoms with van der Waals surface area (Å²) < 4.78 is 5.76. The van der Waals surface area contributed by atoms with E-state index in [0.717, 1.165) is 18.0 Å². The molecule has 0 spiro atoms. The molecule has 1 N–H and O–H groups in total. The average molecular weight is 340 g/mol. The number of hydrogen-bond acceptors (Lipinski definition) is 5. The van der Waals surface area contributed by atoms with Gasteiger partial charge in [-0.1, -0.05) is 13.8 Å². The molecule has 2 fully saturated rings. The first-order valence-electron chi connectivity index (χ1n) is 8.54. The fourth-order valence-corrected chi connectivity index (χ4v) is 3.39. The zero-order chi connectivity index (χ0) is 17.9. The van der Waals surface area contributed by atoms with Crippen molar-refractivity contribution < 1.29 is 19.1 Å². The van der Waals surface area contributed by atoms with Crippen LogP contribution in [0.2, 0.25) is 0 Å². The lowest BCUT2D eigenvalue weighted by atomic mass is 9.72. The smallest absolute Gasteiger partial charge is 0.326 e. The summed E-state index contributed by atoms with van der Waals surface area (Å²) in [5, 5.41) is 2.45. The van der Waals surface area contributed by atoms with Gasteiger partial charge in [0, 0.05) is 33.2 Å². The van der Waals surface area contributed by atoms with Crippen LogP contribution in [-0.2, 0) is 14.3 Å². The molecule has 8 heteroatoms. The van der Waals surface area contributed by atoms with E-state index < -0.39 is 17.7 Å². The molecule has 0 aliphatic carbocycles. The maximum Gasteiger partial charge on any atom is 0.326 e. The summed E-state index contributed by atoms with van der Waals surface area (Å²) in [6.45, 7) is 6.72. The van der Waals surface area contributed by atoms with Crippen LogP contribution in [-0.4, -0.2) is 85.7 Å². The van der Waals surface area contributed by atoms with Gasteiger partial charge in [0.05, 0.1) is 5.41 Å². The molecule has 8 nitrogen and oxygen atoms in total. The third-order valence-corrected chi connectivity index (χ3v) is 5.27. The molecule has 24 heavy (non-hydrogen) atoms. The molecule has 2 saturated heterocycles. The highest BCUT2D eigenvalue weighted by atomic mass is 16.5. The van der Waals surface area contributed by atoms with Gasteiger partial charge in [-0.2, -0.15) is 0 Å². The number of β-lactam (4-membered cyclic amide) rings is 1. The van der Waals surface area contributed by atoms with Crippen molar-refractivity contribution in [3.05, 3.63) is 0 Å². The van der Waals surface area contributed by atoms with Crippen LogP contribution < -0.4 is 5.32 Å². The summed E-state index contributed by atoms with van der Waals surface area (Å²) in [5.41, 5.74) is -0.713. The maximum absolute atomic E-state index is 12.4. The predicted octanol–water partition coefficient (Wildman–Crippen LogP) is 0.0911. The van der Waals surface area contributed by atoms with Crippen LogP contribution in [0, 0.1) is 5.41 Å². The van der Waals surface area contributed by atoms with Gasteiger partial charge >= 0.3 is 6.03 Å². The lowest BCUT2D eigenvalue weighted by molar-refractivity contribution is -0.212. The lowest BCUT2D eigenvalue weighted by Gasteiger charge is -2.53. The van der Waals surface area contributed by atoms with Gasteiger partial charge < -0.3 is 19.9 Å². The van der Waals surface area contributed by atoms with Crippen molar-refractivity contribution in [1.82, 2.24) is 20.0 Å². The fourth-order valence-electron chi connectivity index (χ4n) is 3.39. The van der Waals surface area contributed by atoms with Crippen molar-refractivity contribution in [2.45, 2.75) is 32.9 Å². The number of urea groups is 1. The molecule has 0 aromatic rings. The summed E-state index contributed by atoms with van der Waals surface area (Å²) in [5.74, 6) is -0.329. The summed E-state index contributed by atoms with van der Waals surface area (Å²) in [6, 6.07) is -0.491. The first-order chi connectivity index (χ1) is 11.4. The van der Waals surface area contributed by atoms with Gasteiger partial charge in [-0.25, -0.2) is 9.69 Å². The zero-order valence-electron chi connectivity index (χ0n) is 15.0. The molecule has 1 unspecified atom stereocenters. The number of piperazine rings is 1. The number of nitrogens with one attached hydrogen (secondary N) is 1. The Bertz CT molecular complexity index is 498. The van der Waals surface area contributed by atoms with Crippen molar-refractivity contribution >= 4 is 17.8 Å². The van der Waals surface area contributed by atoms with E-state index in [2.05, 4.69) is 10.2 Å². The second-order valence-electron chi connectivity index (χ2n) is 6.44. The summed E-state index contributed by atoms with van der Waals surface area (Å²) in [7, 11) is 3.50. The van der Waals surface area contributed by atoms with Gasteiger partial charge in [-0.3, -0.25) is 9.59 Å². The number of imide groups is 1. The Hall–Kier alpha value is -1.67. The van der Waals surface area contributed by atoms with Crippen molar-refractivity contribution in [1.29, 1.82) is 0 Å². The minimum Gasteiger partial charge on any atom is -0.347 e. The number of hydrogen-bond donors (Lipinski definition) is 1. The number of likely N-dealkylation sites (tertiary alicyclic amines) is 1. The third kappa shape index (κ3) is 3.12. The molecule has 2 rings (SSSR count). The number of carbonyl (C=O) groups is 3. The van der Waals surface area contributed by atoms with E-state index in [9.17, 15) is 14.4 Å². The Morgan fingerprint density at radius 2 is 1.79 bits per heavy atom. The van der Waals surface area contributed by atoms with Gasteiger partial charge in [-0.15, -0.1) is 0 Å². The van der Waals surface area contributed by atoms with Crippen LogP contribution >= 0.6 is 0 Å². The lowest BCUT2D eigenvalue weighted by Crippen LogP contribution is -2.72. The van der Waals surface area contributed by atoms with Gasteiger partial charge in [0.15, 0.2) is 6.23 Å². The van der Waals surface area contributed by atoms with Crippen molar-refractivity contribution in [2.75, 3.05) is 46.9 Å². The molecule has 2 aliphatic heterocycles. The topological polar surface area (TPSA) is 82.2 Å². The highest BCUT2D eigenvalue weighted by Gasteiger charge is 2.61. The summed E-state index contributed by atoms with van der Waals surface area (Å²) in [4.78, 5) is 41.7. The van der Waals surface area contributed by atoms with Gasteiger partial charge in [-0.05, 0) is 19.9 Å². The number of likely N-dealkylation sites (N-methyl/N-ethyl adjacent to an activating group) is 1. The van der Waals surface area contributed by atoms with E-state index in [0.29, 0.717) is 25.9 Å². The third-order valence-electron chi connectivity index (χ3n) is 5.27. The molecular formula is C16H28N4O4. The first kappa shape index (κ1) is 18.7. The molecule has 0 bridgehead atoms. The molecule has 2 aliphatic rings. The number of nitrogens with zero attached hydrogens (tertiary/aromatic N) is 3. The second-order valence-corrected chi connectivity index (χ2v) is 6.44. The monoisotopic (exact) mass is 340 g/mol. The van der Waals surface area contributed by atoms with Crippen LogP contribution in [0.1, 0.15) is 26.7 Å². The second kappa shape index (κ2) is 7.48. The molecule has 0 saturated carbocycles. The first-order valence-corrected chi connectivity index (χ1v) is 8.54. The number of amides is 4. The number of rotatable bonds is 5. The number of ether oxygens (including phenoxy) is 1. The van der Waals surface area contributed by atoms with Crippen molar-refractivity contribution in [3.63, 3.8) is 0 Å². The van der Waals surface area contributed by atoms with Crippen LogP contribution in [0.3, 0.4) is 0 Å². The Balaban J connectivity index is 2.00. The predicted molar refractivity (Wildman–Crippen MR) is 88.1 cm³/mol. The minimum atomic E-state index is -0.713. The fraction of sp³-hybridized carbons (Fsp3) is 0.812. The van der Waals surface area contributed by atoms with E-state index in [1.807, 2.05) is 20.9 Å². The van der Waals surface area contributed by atoms with E-state index in [-0.39, 0.29) is 18.4 Å². The van der Waals surface area contributed by atoms with E-state index >= 15 is 0 Å². The average Bonchev–Trinajstić information content (AvgIpc) is 2.59. The van der Waals surface area contributed by atoms with Crippen molar-refractivity contribution in [2.24, 2.45) is 5.41 Å². The maximum atomic E-state index is 12.4. The molecule has 136 valence electrons. The highest BCUT2D eigenvalue weighted by molar-refractivity contribution is 6.03. The molecule has 0 aromatic carbocycles. The van der Waals surface area contributed by atoms with E-state index in [1.54, 1.807) is 4.90 Å². The van der Waals surface area contributed by atoms with Crippen LogP contribution in [0.5, 0.6) is 0 Å². The van der Waals surface area contributed by atoms with Gasteiger partial charge in [0.2, 0.25) is 11.8 Å². The Morgan fingerprint density at radius 1 is 1.21 bits per heavy atom. The minimum absolute atomic E-state index is 0.0968. The standard InChI is InChI=1S/C16H28N4O4/c1-5-16(6-2)13(22)20(15(23)17-3)14(16)24-11-12(21)19-9-7-18(4)8-10-19/h14H,5-11H2,1-4H3,(H,17,23).